The Morgan fingerprint density at radius 1 is 0.875 bits per heavy atom. The lowest BCUT2D eigenvalue weighted by Crippen LogP contribution is -2.11. The molecule has 24 heavy (non-hydrogen) atoms. The molecule has 0 atom stereocenters. The fourth-order valence-corrected chi connectivity index (χ4v) is 3.60. The number of hydrogen-bond donors (Lipinski definition) is 0. The maximum atomic E-state index is 13.4. The van der Waals surface area contributed by atoms with Crippen LogP contribution in [0.15, 0.2) is 54.6 Å². The topological polar surface area (TPSA) is 0 Å². The highest BCUT2D eigenvalue weighted by atomic mass is 19.2. The van der Waals surface area contributed by atoms with Gasteiger partial charge in [0.05, 0.1) is 0 Å². The molecule has 2 aromatic rings. The molecule has 2 heteroatoms. The van der Waals surface area contributed by atoms with E-state index in [4.69, 9.17) is 0 Å². The Balaban J connectivity index is 1.67. The van der Waals surface area contributed by atoms with Crippen LogP contribution < -0.4 is 0 Å². The fraction of sp³-hybridized carbons (Fsp3) is 0.364. The zero-order valence-electron chi connectivity index (χ0n) is 14.1. The highest BCUT2D eigenvalue weighted by Gasteiger charge is 2.20. The van der Waals surface area contributed by atoms with E-state index < -0.39 is 11.6 Å². The van der Waals surface area contributed by atoms with Crippen LogP contribution in [0.5, 0.6) is 0 Å². The van der Waals surface area contributed by atoms with Crippen molar-refractivity contribution in [3.63, 3.8) is 0 Å². The first-order valence-corrected chi connectivity index (χ1v) is 8.89. The molecule has 0 bridgehead atoms. The predicted molar refractivity (Wildman–Crippen MR) is 95.9 cm³/mol. The maximum Gasteiger partial charge on any atom is 0.159 e. The number of hydrogen-bond acceptors (Lipinski definition) is 0. The number of rotatable bonds is 4. The lowest BCUT2D eigenvalue weighted by Gasteiger charge is -2.27. The Hall–Kier alpha value is -1.96. The van der Waals surface area contributed by atoms with E-state index in [-0.39, 0.29) is 0 Å². The molecular weight excluding hydrogens is 302 g/mol. The van der Waals surface area contributed by atoms with Crippen LogP contribution >= 0.6 is 0 Å². The third kappa shape index (κ3) is 3.92. The van der Waals surface area contributed by atoms with Gasteiger partial charge in [-0.2, -0.15) is 0 Å². The van der Waals surface area contributed by atoms with Crippen molar-refractivity contribution in [1.29, 1.82) is 0 Å². The molecule has 0 nitrogen and oxygen atoms in total. The average Bonchev–Trinajstić information content (AvgIpc) is 2.63. The lowest BCUT2D eigenvalue weighted by molar-refractivity contribution is 0.375. The highest BCUT2D eigenvalue weighted by molar-refractivity contribution is 5.63. The molecule has 126 valence electrons. The summed E-state index contributed by atoms with van der Waals surface area (Å²) in [5.74, 6) is -0.239. The maximum absolute atomic E-state index is 13.4. The zero-order chi connectivity index (χ0) is 16.9. The van der Waals surface area contributed by atoms with E-state index in [9.17, 15) is 8.78 Å². The van der Waals surface area contributed by atoms with E-state index in [0.29, 0.717) is 11.5 Å². The van der Waals surface area contributed by atoms with Crippen LogP contribution in [0.2, 0.25) is 0 Å². The van der Waals surface area contributed by atoms with Crippen molar-refractivity contribution in [2.45, 2.75) is 44.9 Å². The minimum absolute atomic E-state index is 0.621. The minimum atomic E-state index is -0.802. The summed E-state index contributed by atoms with van der Waals surface area (Å²) < 4.78 is 26.4. The molecule has 1 aliphatic rings. The first kappa shape index (κ1) is 16.9. The standard InChI is InChI=1S/C22H24F2/c1-2-3-4-16-5-7-17(8-6-16)18-9-11-19(12-10-18)20-13-14-21(23)22(24)15-20/h3-4,9-17H,2,5-8H2,1H3. The van der Waals surface area contributed by atoms with Crippen molar-refractivity contribution in [3.05, 3.63) is 71.8 Å². The molecule has 1 saturated carbocycles. The first-order chi connectivity index (χ1) is 11.7. The van der Waals surface area contributed by atoms with Crippen LogP contribution in [0.25, 0.3) is 11.1 Å². The molecular formula is C22H24F2. The molecule has 0 saturated heterocycles. The molecule has 0 N–H and O–H groups in total. The van der Waals surface area contributed by atoms with Crippen LogP contribution in [-0.2, 0) is 0 Å². The van der Waals surface area contributed by atoms with Crippen molar-refractivity contribution in [1.82, 2.24) is 0 Å². The predicted octanol–water partition coefficient (Wildman–Crippen LogP) is 6.87. The molecule has 0 amide bonds. The van der Waals surface area contributed by atoms with Crippen LogP contribution in [0.4, 0.5) is 8.78 Å². The molecule has 1 aliphatic carbocycles. The van der Waals surface area contributed by atoms with Gasteiger partial charge in [-0.3, -0.25) is 0 Å². The van der Waals surface area contributed by atoms with E-state index in [1.54, 1.807) is 6.07 Å². The van der Waals surface area contributed by atoms with E-state index >= 15 is 0 Å². The molecule has 3 rings (SSSR count). The third-order valence-corrected chi connectivity index (χ3v) is 5.05. The van der Waals surface area contributed by atoms with Crippen molar-refractivity contribution >= 4 is 0 Å². The van der Waals surface area contributed by atoms with Crippen molar-refractivity contribution < 1.29 is 8.78 Å². The second kappa shape index (κ2) is 7.74. The average molecular weight is 326 g/mol. The molecule has 1 fully saturated rings. The second-order valence-corrected chi connectivity index (χ2v) is 6.70. The molecule has 2 aromatic carbocycles. The fourth-order valence-electron chi connectivity index (χ4n) is 3.60. The van der Waals surface area contributed by atoms with Gasteiger partial charge < -0.3 is 0 Å². The van der Waals surface area contributed by atoms with Gasteiger partial charge in [0.1, 0.15) is 0 Å². The van der Waals surface area contributed by atoms with Gasteiger partial charge in [0, 0.05) is 0 Å². The first-order valence-electron chi connectivity index (χ1n) is 8.89. The Kier molecular flexibility index (Phi) is 5.44. The Labute approximate surface area is 143 Å². The summed E-state index contributed by atoms with van der Waals surface area (Å²) in [5, 5.41) is 0. The molecule has 0 heterocycles. The summed E-state index contributed by atoms with van der Waals surface area (Å²) in [6.45, 7) is 2.18. The highest BCUT2D eigenvalue weighted by Crippen LogP contribution is 2.37. The van der Waals surface area contributed by atoms with Gasteiger partial charge in [-0.15, -0.1) is 0 Å². The summed E-state index contributed by atoms with van der Waals surface area (Å²) in [6.07, 6.45) is 10.7. The summed E-state index contributed by atoms with van der Waals surface area (Å²) >= 11 is 0. The van der Waals surface area contributed by atoms with Crippen molar-refractivity contribution in [3.8, 4) is 11.1 Å². The molecule has 0 unspecified atom stereocenters. The number of allylic oxidation sites excluding steroid dienone is 2. The van der Waals surface area contributed by atoms with E-state index in [2.05, 4.69) is 31.2 Å². The Bertz CT molecular complexity index is 692. The van der Waals surface area contributed by atoms with Crippen LogP contribution in [0.3, 0.4) is 0 Å². The van der Waals surface area contributed by atoms with Gasteiger partial charge >= 0.3 is 0 Å². The largest absolute Gasteiger partial charge is 0.204 e. The number of benzene rings is 2. The van der Waals surface area contributed by atoms with E-state index in [1.807, 2.05) is 12.1 Å². The second-order valence-electron chi connectivity index (χ2n) is 6.70. The van der Waals surface area contributed by atoms with Gasteiger partial charge in [-0.05, 0) is 72.8 Å². The summed E-state index contributed by atoms with van der Waals surface area (Å²) in [7, 11) is 0. The number of halogens is 2. The normalized spacial score (nSPS) is 21.3. The van der Waals surface area contributed by atoms with Crippen LogP contribution in [-0.4, -0.2) is 0 Å². The van der Waals surface area contributed by atoms with E-state index in [1.165, 1.54) is 43.4 Å². The monoisotopic (exact) mass is 326 g/mol. The summed E-state index contributed by atoms with van der Waals surface area (Å²) in [6, 6.07) is 12.4. The Morgan fingerprint density at radius 2 is 1.54 bits per heavy atom. The van der Waals surface area contributed by atoms with Gasteiger partial charge in [0.25, 0.3) is 0 Å². The van der Waals surface area contributed by atoms with Crippen molar-refractivity contribution in [2.75, 3.05) is 0 Å². The smallest absolute Gasteiger partial charge is 0.159 e. The van der Waals surface area contributed by atoms with Crippen LogP contribution in [0.1, 0.15) is 50.5 Å². The Morgan fingerprint density at radius 3 is 2.17 bits per heavy atom. The molecule has 0 radical (unpaired) electrons. The quantitative estimate of drug-likeness (QED) is 0.538. The van der Waals surface area contributed by atoms with Gasteiger partial charge in [0.15, 0.2) is 11.6 Å². The third-order valence-electron chi connectivity index (χ3n) is 5.05. The van der Waals surface area contributed by atoms with Crippen LogP contribution in [0, 0.1) is 17.6 Å². The van der Waals surface area contributed by atoms with Gasteiger partial charge in [0.2, 0.25) is 0 Å². The van der Waals surface area contributed by atoms with E-state index in [0.717, 1.165) is 17.9 Å². The SMILES string of the molecule is CCC=CC1CCC(c2ccc(-c3ccc(F)c(F)c3)cc2)CC1. The summed E-state index contributed by atoms with van der Waals surface area (Å²) in [4.78, 5) is 0. The molecule has 0 spiro atoms. The molecule has 0 aromatic heterocycles. The van der Waals surface area contributed by atoms with Gasteiger partial charge in [-0.1, -0.05) is 49.4 Å². The van der Waals surface area contributed by atoms with Gasteiger partial charge in [-0.25, -0.2) is 8.78 Å². The minimum Gasteiger partial charge on any atom is -0.204 e. The molecule has 0 aliphatic heterocycles. The summed E-state index contributed by atoms with van der Waals surface area (Å²) in [5.41, 5.74) is 3.00. The van der Waals surface area contributed by atoms with Crippen molar-refractivity contribution in [2.24, 2.45) is 5.92 Å². The lowest BCUT2D eigenvalue weighted by atomic mass is 9.78. The zero-order valence-corrected chi connectivity index (χ0v) is 14.1.